The predicted octanol–water partition coefficient (Wildman–Crippen LogP) is 5.46. The predicted molar refractivity (Wildman–Crippen MR) is 64.6 cm³/mol. The molecule has 0 saturated heterocycles. The van der Waals surface area contributed by atoms with Gasteiger partial charge in [-0.1, -0.05) is 89.9 Å². The third-order valence-electron chi connectivity index (χ3n) is 3.50. The molecule has 0 aliphatic heterocycles. The molecule has 0 aromatic heterocycles. The number of rotatable bonds is 0. The van der Waals surface area contributed by atoms with E-state index in [2.05, 4.69) is 0 Å². The van der Waals surface area contributed by atoms with Gasteiger partial charge in [0.1, 0.15) is 0 Å². The second-order valence-corrected chi connectivity index (χ2v) is 4.95. The van der Waals surface area contributed by atoms with Crippen LogP contribution < -0.4 is 0 Å². The molecule has 0 unspecified atom stereocenters. The summed E-state index contributed by atoms with van der Waals surface area (Å²) < 4.78 is 0. The van der Waals surface area contributed by atoms with Crippen LogP contribution in [-0.4, -0.2) is 0 Å². The molecule has 2 aliphatic carbocycles. The quantitative estimate of drug-likeness (QED) is 0.392. The first-order valence-corrected chi connectivity index (χ1v) is 7.00. The summed E-state index contributed by atoms with van der Waals surface area (Å²) in [5, 5.41) is 0. The zero-order valence-electron chi connectivity index (χ0n) is 10.4. The molecule has 0 nitrogen and oxygen atoms in total. The second kappa shape index (κ2) is 12.8. The van der Waals surface area contributed by atoms with Crippen molar-refractivity contribution in [3.8, 4) is 0 Å². The second-order valence-electron chi connectivity index (χ2n) is 4.95. The molecule has 0 heterocycles. The Morgan fingerprint density at radius 1 is 0.200 bits per heavy atom. The summed E-state index contributed by atoms with van der Waals surface area (Å²) in [6.45, 7) is 0. The molecule has 0 aromatic rings. The fourth-order valence-corrected chi connectivity index (χ4v) is 2.47. The van der Waals surface area contributed by atoms with Gasteiger partial charge in [0.05, 0.1) is 0 Å². The van der Waals surface area contributed by atoms with Crippen molar-refractivity contribution in [2.75, 3.05) is 0 Å². The maximum Gasteiger partial charge on any atom is 0 e. The van der Waals surface area contributed by atoms with Crippen LogP contribution in [0.5, 0.6) is 0 Å². The molecule has 0 radical (unpaired) electrons. The topological polar surface area (TPSA) is 0 Å². The molecule has 0 amide bonds. The summed E-state index contributed by atoms with van der Waals surface area (Å²) in [5.74, 6) is 0. The molecule has 1 heteroatoms. The smallest absolute Gasteiger partial charge is 0 e. The van der Waals surface area contributed by atoms with E-state index in [1.807, 2.05) is 0 Å². The van der Waals surface area contributed by atoms with Gasteiger partial charge in [0.15, 0.2) is 0 Å². The zero-order valence-corrected chi connectivity index (χ0v) is 12.0. The van der Waals surface area contributed by atoms with Crippen LogP contribution in [0.15, 0.2) is 0 Å². The van der Waals surface area contributed by atoms with E-state index < -0.39 is 0 Å². The van der Waals surface area contributed by atoms with Gasteiger partial charge >= 0.3 is 0 Å². The molecule has 0 N–H and O–H groups in total. The molecular weight excluding hydrogens is 216 g/mol. The molecule has 88 valence electrons. The van der Waals surface area contributed by atoms with Crippen molar-refractivity contribution in [1.29, 1.82) is 0 Å². The molecular formula is C14H28Ti. The van der Waals surface area contributed by atoms with Crippen molar-refractivity contribution in [2.45, 2.75) is 89.9 Å². The van der Waals surface area contributed by atoms with Crippen LogP contribution in [-0.2, 0) is 21.7 Å². The van der Waals surface area contributed by atoms with E-state index in [1.165, 1.54) is 89.9 Å². The fourth-order valence-electron chi connectivity index (χ4n) is 2.47. The van der Waals surface area contributed by atoms with Gasteiger partial charge in [-0.25, -0.2) is 0 Å². The largest absolute Gasteiger partial charge is 0.0533 e. The molecule has 2 aliphatic rings. The van der Waals surface area contributed by atoms with E-state index in [0.717, 1.165) is 0 Å². The number of hydrogen-bond donors (Lipinski definition) is 0. The summed E-state index contributed by atoms with van der Waals surface area (Å²) in [4.78, 5) is 0. The molecule has 0 spiro atoms. The van der Waals surface area contributed by atoms with Gasteiger partial charge in [-0.05, 0) is 0 Å². The molecule has 2 saturated carbocycles. The van der Waals surface area contributed by atoms with Gasteiger partial charge in [-0.15, -0.1) is 0 Å². The minimum atomic E-state index is 0. The van der Waals surface area contributed by atoms with Gasteiger partial charge in [0, 0.05) is 21.7 Å². The molecule has 2 rings (SSSR count). The fraction of sp³-hybridized carbons (Fsp3) is 1.00. The maximum absolute atomic E-state index is 1.50. The van der Waals surface area contributed by atoms with Crippen LogP contribution in [0.4, 0.5) is 0 Å². The third-order valence-corrected chi connectivity index (χ3v) is 3.50. The first kappa shape index (κ1) is 15.7. The zero-order chi connectivity index (χ0) is 9.90. The maximum atomic E-state index is 1.50. The Kier molecular flexibility index (Phi) is 13.4. The minimum Gasteiger partial charge on any atom is -0.0533 e. The average molecular weight is 244 g/mol. The normalized spacial score (nSPS) is 22.4. The van der Waals surface area contributed by atoms with Gasteiger partial charge < -0.3 is 0 Å². The monoisotopic (exact) mass is 244 g/mol. The van der Waals surface area contributed by atoms with Crippen LogP contribution in [0.3, 0.4) is 0 Å². The summed E-state index contributed by atoms with van der Waals surface area (Å²) in [6, 6.07) is 0. The summed E-state index contributed by atoms with van der Waals surface area (Å²) >= 11 is 0. The minimum absolute atomic E-state index is 0. The van der Waals surface area contributed by atoms with Crippen molar-refractivity contribution in [3.05, 3.63) is 0 Å². The van der Waals surface area contributed by atoms with Gasteiger partial charge in [0.25, 0.3) is 0 Å². The molecule has 2 fully saturated rings. The third kappa shape index (κ3) is 11.0. The Bertz CT molecular complexity index is 58.6. The Morgan fingerprint density at radius 3 is 0.333 bits per heavy atom. The van der Waals surface area contributed by atoms with E-state index in [9.17, 15) is 0 Å². The van der Waals surface area contributed by atoms with Crippen LogP contribution in [0.2, 0.25) is 0 Å². The van der Waals surface area contributed by atoms with E-state index in [1.54, 1.807) is 0 Å². The molecule has 0 aromatic carbocycles. The van der Waals surface area contributed by atoms with Crippen molar-refractivity contribution < 1.29 is 21.7 Å². The van der Waals surface area contributed by atoms with E-state index in [0.29, 0.717) is 0 Å². The summed E-state index contributed by atoms with van der Waals surface area (Å²) in [7, 11) is 0. The van der Waals surface area contributed by atoms with Crippen molar-refractivity contribution in [1.82, 2.24) is 0 Å². The van der Waals surface area contributed by atoms with Gasteiger partial charge in [-0.2, -0.15) is 0 Å². The Balaban J connectivity index is 0.000000245. The first-order valence-electron chi connectivity index (χ1n) is 7.00. The van der Waals surface area contributed by atoms with Crippen LogP contribution in [0.1, 0.15) is 89.9 Å². The standard InChI is InChI=1S/2C7H14.Ti/c2*1-2-4-6-7-5-3-1;/h2*1-7H2;. The molecule has 15 heavy (non-hydrogen) atoms. The van der Waals surface area contributed by atoms with Crippen LogP contribution in [0.25, 0.3) is 0 Å². The Morgan fingerprint density at radius 2 is 0.267 bits per heavy atom. The summed E-state index contributed by atoms with van der Waals surface area (Å²) in [6.07, 6.45) is 21.0. The SMILES string of the molecule is C1CCCCCC1.C1CCCCCC1.[Ti]. The van der Waals surface area contributed by atoms with E-state index in [4.69, 9.17) is 0 Å². The molecule has 0 bridgehead atoms. The van der Waals surface area contributed by atoms with Crippen LogP contribution >= 0.6 is 0 Å². The first-order chi connectivity index (χ1) is 7.00. The van der Waals surface area contributed by atoms with E-state index in [-0.39, 0.29) is 21.7 Å². The van der Waals surface area contributed by atoms with Crippen molar-refractivity contribution >= 4 is 0 Å². The Labute approximate surface area is 111 Å². The van der Waals surface area contributed by atoms with Crippen molar-refractivity contribution in [3.63, 3.8) is 0 Å². The number of hydrogen-bond acceptors (Lipinski definition) is 0. The van der Waals surface area contributed by atoms with Crippen LogP contribution in [0, 0.1) is 0 Å². The summed E-state index contributed by atoms with van der Waals surface area (Å²) in [5.41, 5.74) is 0. The average Bonchev–Trinajstić information content (AvgIpc) is 2.68. The van der Waals surface area contributed by atoms with Gasteiger partial charge in [-0.3, -0.25) is 0 Å². The van der Waals surface area contributed by atoms with Gasteiger partial charge in [0.2, 0.25) is 0 Å². The van der Waals surface area contributed by atoms with E-state index >= 15 is 0 Å². The van der Waals surface area contributed by atoms with Crippen molar-refractivity contribution in [2.24, 2.45) is 0 Å². The Hall–Kier alpha value is 0.714. The molecule has 0 atom stereocenters.